The minimum atomic E-state index is 0.0479. The minimum Gasteiger partial charge on any atom is -0.363 e. The molecule has 1 aliphatic carbocycles. The molecule has 3 aromatic rings. The van der Waals surface area contributed by atoms with E-state index in [0.717, 1.165) is 17.2 Å². The molecule has 4 rings (SSSR count). The number of nitrogens with zero attached hydrogens (tertiary/aromatic N) is 4. The highest BCUT2D eigenvalue weighted by Crippen LogP contribution is 2.39. The van der Waals surface area contributed by atoms with Gasteiger partial charge in [-0.1, -0.05) is 12.1 Å². The number of nitrogens with one attached hydrogen (secondary N) is 3. The third-order valence-corrected chi connectivity index (χ3v) is 4.61. The summed E-state index contributed by atoms with van der Waals surface area (Å²) in [5.74, 6) is 3.50. The minimum absolute atomic E-state index is 0.0479. The van der Waals surface area contributed by atoms with Crippen molar-refractivity contribution in [2.45, 2.75) is 38.6 Å². The van der Waals surface area contributed by atoms with Gasteiger partial charge in [-0.3, -0.25) is 5.10 Å². The molecule has 0 saturated heterocycles. The van der Waals surface area contributed by atoms with E-state index < -0.39 is 0 Å². The topological polar surface area (TPSA) is 102 Å². The van der Waals surface area contributed by atoms with Crippen molar-refractivity contribution < 1.29 is 0 Å². The molecule has 0 radical (unpaired) electrons. The summed E-state index contributed by atoms with van der Waals surface area (Å²) >= 11 is 0. The Kier molecular flexibility index (Phi) is 4.47. The molecule has 7 nitrogen and oxygen atoms in total. The molecule has 0 spiro atoms. The van der Waals surface area contributed by atoms with Crippen molar-refractivity contribution in [3.8, 4) is 6.07 Å². The molecule has 1 saturated carbocycles. The highest BCUT2D eigenvalue weighted by Gasteiger charge is 2.25. The number of H-pyrrole nitrogens is 1. The molecule has 1 atom stereocenters. The number of aryl methyl sites for hydroxylation is 1. The van der Waals surface area contributed by atoms with Crippen LogP contribution < -0.4 is 10.6 Å². The number of rotatable bonds is 6. The molecule has 0 bridgehead atoms. The first kappa shape index (κ1) is 17.0. The average Bonchev–Trinajstić information content (AvgIpc) is 3.41. The van der Waals surface area contributed by atoms with Gasteiger partial charge >= 0.3 is 0 Å². The van der Waals surface area contributed by atoms with E-state index in [2.05, 4.69) is 43.8 Å². The zero-order valence-corrected chi connectivity index (χ0v) is 15.3. The molecule has 27 heavy (non-hydrogen) atoms. The summed E-state index contributed by atoms with van der Waals surface area (Å²) < 4.78 is 0. The largest absolute Gasteiger partial charge is 0.363 e. The van der Waals surface area contributed by atoms with Crippen LogP contribution >= 0.6 is 0 Å². The lowest BCUT2D eigenvalue weighted by Crippen LogP contribution is -2.09. The second kappa shape index (κ2) is 7.08. The molecule has 2 heterocycles. The number of anilines is 3. The SMILES string of the molecule is Cc1nc(Nc2cc(C3CC3)[nH]n2)cc(NC(C)c2ccc(C#N)cc2)n1. The summed E-state index contributed by atoms with van der Waals surface area (Å²) in [5.41, 5.74) is 2.91. The van der Waals surface area contributed by atoms with Gasteiger partial charge in [-0.05, 0) is 44.4 Å². The van der Waals surface area contributed by atoms with Crippen LogP contribution in [-0.2, 0) is 0 Å². The second-order valence-electron chi connectivity index (χ2n) is 6.89. The maximum absolute atomic E-state index is 8.92. The van der Waals surface area contributed by atoms with Gasteiger partial charge in [0.1, 0.15) is 17.5 Å². The number of benzene rings is 1. The molecule has 1 unspecified atom stereocenters. The van der Waals surface area contributed by atoms with Gasteiger partial charge in [0.25, 0.3) is 0 Å². The van der Waals surface area contributed by atoms with Crippen LogP contribution in [-0.4, -0.2) is 20.2 Å². The Bertz CT molecular complexity index is 980. The fourth-order valence-electron chi connectivity index (χ4n) is 2.99. The zero-order valence-electron chi connectivity index (χ0n) is 15.3. The molecule has 2 aromatic heterocycles. The van der Waals surface area contributed by atoms with E-state index in [0.29, 0.717) is 23.1 Å². The summed E-state index contributed by atoms with van der Waals surface area (Å²) in [6, 6.07) is 13.6. The average molecular weight is 359 g/mol. The van der Waals surface area contributed by atoms with E-state index in [4.69, 9.17) is 5.26 Å². The van der Waals surface area contributed by atoms with Crippen molar-refractivity contribution >= 4 is 17.5 Å². The van der Waals surface area contributed by atoms with Crippen molar-refractivity contribution in [2.24, 2.45) is 0 Å². The van der Waals surface area contributed by atoms with Crippen LogP contribution in [0.4, 0.5) is 17.5 Å². The first-order valence-corrected chi connectivity index (χ1v) is 9.05. The lowest BCUT2D eigenvalue weighted by Gasteiger charge is -2.16. The molecular formula is C20H21N7. The third-order valence-electron chi connectivity index (χ3n) is 4.61. The molecule has 3 N–H and O–H groups in total. The third kappa shape index (κ3) is 4.06. The van der Waals surface area contributed by atoms with E-state index >= 15 is 0 Å². The Morgan fingerprint density at radius 2 is 1.85 bits per heavy atom. The van der Waals surface area contributed by atoms with Crippen LogP contribution in [0.5, 0.6) is 0 Å². The zero-order chi connectivity index (χ0) is 18.8. The Morgan fingerprint density at radius 1 is 1.11 bits per heavy atom. The van der Waals surface area contributed by atoms with Gasteiger partial charge in [0.05, 0.1) is 11.6 Å². The predicted molar refractivity (Wildman–Crippen MR) is 104 cm³/mol. The van der Waals surface area contributed by atoms with Crippen LogP contribution in [0.1, 0.15) is 54.4 Å². The number of nitriles is 1. The molecule has 7 heteroatoms. The molecule has 1 aliphatic rings. The number of aromatic nitrogens is 4. The number of aromatic amines is 1. The highest BCUT2D eigenvalue weighted by molar-refractivity contribution is 5.57. The standard InChI is InChI=1S/C20H21N7/c1-12(15-5-3-14(11-21)4-6-15)22-18-10-19(24-13(2)23-18)25-20-9-17(26-27-20)16-7-8-16/h3-6,9-10,12,16H,7-8H2,1-2H3,(H3,22,23,24,25,26,27). The Labute approximate surface area is 157 Å². The van der Waals surface area contributed by atoms with Crippen LogP contribution in [0.2, 0.25) is 0 Å². The van der Waals surface area contributed by atoms with Gasteiger partial charge in [0, 0.05) is 29.8 Å². The first-order chi connectivity index (χ1) is 13.1. The molecular weight excluding hydrogens is 338 g/mol. The van der Waals surface area contributed by atoms with Crippen molar-refractivity contribution in [3.05, 3.63) is 59.0 Å². The second-order valence-corrected chi connectivity index (χ2v) is 6.89. The molecule has 0 amide bonds. The van der Waals surface area contributed by atoms with Crippen LogP contribution in [0, 0.1) is 18.3 Å². The fourth-order valence-corrected chi connectivity index (χ4v) is 2.99. The van der Waals surface area contributed by atoms with Crippen molar-refractivity contribution in [1.29, 1.82) is 5.26 Å². The maximum atomic E-state index is 8.92. The summed E-state index contributed by atoms with van der Waals surface area (Å²) in [6.45, 7) is 3.92. The number of hydrogen-bond donors (Lipinski definition) is 3. The van der Waals surface area contributed by atoms with Gasteiger partial charge in [0.2, 0.25) is 0 Å². The van der Waals surface area contributed by atoms with Gasteiger partial charge in [0.15, 0.2) is 5.82 Å². The van der Waals surface area contributed by atoms with Crippen LogP contribution in [0.15, 0.2) is 36.4 Å². The monoisotopic (exact) mass is 359 g/mol. The fraction of sp³-hybridized carbons (Fsp3) is 0.300. The van der Waals surface area contributed by atoms with Crippen LogP contribution in [0.25, 0.3) is 0 Å². The van der Waals surface area contributed by atoms with Crippen molar-refractivity contribution in [3.63, 3.8) is 0 Å². The van der Waals surface area contributed by atoms with Gasteiger partial charge < -0.3 is 10.6 Å². The van der Waals surface area contributed by atoms with E-state index in [1.165, 1.54) is 18.5 Å². The van der Waals surface area contributed by atoms with Crippen molar-refractivity contribution in [1.82, 2.24) is 20.2 Å². The Morgan fingerprint density at radius 3 is 2.56 bits per heavy atom. The molecule has 136 valence electrons. The summed E-state index contributed by atoms with van der Waals surface area (Å²) in [5, 5.41) is 23.0. The van der Waals surface area contributed by atoms with Gasteiger partial charge in [-0.15, -0.1) is 0 Å². The molecule has 1 aromatic carbocycles. The van der Waals surface area contributed by atoms with Gasteiger partial charge in [-0.2, -0.15) is 10.4 Å². The lowest BCUT2D eigenvalue weighted by molar-refractivity contribution is 0.867. The van der Waals surface area contributed by atoms with Crippen molar-refractivity contribution in [2.75, 3.05) is 10.6 Å². The normalized spacial score (nSPS) is 14.4. The summed E-state index contributed by atoms with van der Waals surface area (Å²) in [7, 11) is 0. The van der Waals surface area contributed by atoms with Crippen LogP contribution in [0.3, 0.4) is 0 Å². The lowest BCUT2D eigenvalue weighted by atomic mass is 10.1. The summed E-state index contributed by atoms with van der Waals surface area (Å²) in [4.78, 5) is 8.92. The quantitative estimate of drug-likeness (QED) is 0.610. The van der Waals surface area contributed by atoms with E-state index in [1.807, 2.05) is 43.3 Å². The Balaban J connectivity index is 1.48. The van der Waals surface area contributed by atoms with E-state index in [-0.39, 0.29) is 6.04 Å². The predicted octanol–water partition coefficient (Wildman–Crippen LogP) is 4.17. The molecule has 0 aliphatic heterocycles. The van der Waals surface area contributed by atoms with E-state index in [1.54, 1.807) is 0 Å². The van der Waals surface area contributed by atoms with E-state index in [9.17, 15) is 0 Å². The highest BCUT2D eigenvalue weighted by atomic mass is 15.2. The maximum Gasteiger partial charge on any atom is 0.153 e. The van der Waals surface area contributed by atoms with Gasteiger partial charge in [-0.25, -0.2) is 9.97 Å². The molecule has 1 fully saturated rings. The number of hydrogen-bond acceptors (Lipinski definition) is 6. The first-order valence-electron chi connectivity index (χ1n) is 9.05. The summed E-state index contributed by atoms with van der Waals surface area (Å²) in [6.07, 6.45) is 2.46. The Hall–Kier alpha value is -3.40. The smallest absolute Gasteiger partial charge is 0.153 e.